The smallest absolute Gasteiger partial charge is 0.378 e. The van der Waals surface area contributed by atoms with Crippen molar-refractivity contribution < 1.29 is 44.3 Å². The second-order valence-electron chi connectivity index (χ2n) is 5.06. The summed E-state index contributed by atoms with van der Waals surface area (Å²) in [4.78, 5) is 0. The molecule has 3 atom stereocenters. The van der Waals surface area contributed by atoms with E-state index in [0.717, 1.165) is 0 Å². The van der Waals surface area contributed by atoms with Gasteiger partial charge in [-0.2, -0.15) is 26.3 Å². The molecular formula is C12H17F9O. The van der Waals surface area contributed by atoms with Gasteiger partial charge in [-0.3, -0.25) is 0 Å². The van der Waals surface area contributed by atoms with Crippen molar-refractivity contribution in [3.05, 3.63) is 0 Å². The van der Waals surface area contributed by atoms with Crippen LogP contribution in [0.25, 0.3) is 0 Å². The highest BCUT2D eigenvalue weighted by molar-refractivity contribution is 5.06. The maximum atomic E-state index is 13.9. The Morgan fingerprint density at radius 1 is 0.864 bits per heavy atom. The molecule has 0 fully saturated rings. The van der Waals surface area contributed by atoms with Gasteiger partial charge in [0.15, 0.2) is 6.17 Å². The summed E-state index contributed by atoms with van der Waals surface area (Å²) in [6.07, 6.45) is -15.2. The van der Waals surface area contributed by atoms with Crippen LogP contribution < -0.4 is 0 Å². The van der Waals surface area contributed by atoms with E-state index in [1.807, 2.05) is 0 Å². The number of rotatable bonds is 8. The fourth-order valence-corrected chi connectivity index (χ4v) is 1.55. The Bertz CT molecular complexity index is 336. The van der Waals surface area contributed by atoms with Crippen LogP contribution >= 0.6 is 0 Å². The highest BCUT2D eigenvalue weighted by Crippen LogP contribution is 2.48. The van der Waals surface area contributed by atoms with Crippen LogP contribution in [-0.4, -0.2) is 43.1 Å². The average Bonchev–Trinajstić information content (AvgIpc) is 2.34. The molecule has 0 rings (SSSR count). The molecular weight excluding hydrogens is 331 g/mol. The van der Waals surface area contributed by atoms with Crippen LogP contribution in [0.1, 0.15) is 33.1 Å². The summed E-state index contributed by atoms with van der Waals surface area (Å²) in [5.74, 6) is 0. The second kappa shape index (κ2) is 7.27. The Hall–Kier alpha value is -0.670. The molecule has 0 aliphatic heterocycles. The molecule has 3 unspecified atom stereocenters. The van der Waals surface area contributed by atoms with Crippen molar-refractivity contribution in [2.75, 3.05) is 13.2 Å². The topological polar surface area (TPSA) is 9.23 Å². The van der Waals surface area contributed by atoms with E-state index in [0.29, 0.717) is 12.8 Å². The maximum absolute atomic E-state index is 13.9. The molecule has 0 spiro atoms. The average molecular weight is 348 g/mol. The molecule has 0 aromatic heterocycles. The van der Waals surface area contributed by atoms with E-state index in [1.54, 1.807) is 6.92 Å². The van der Waals surface area contributed by atoms with E-state index in [2.05, 4.69) is 4.74 Å². The standard InChI is InChI=1S/C12H17F9O/c1-3-4-5-6-22-7-10(15,12(19,20)21)8(13)9(2,14)11(16,17)18/h8H,3-7H2,1-2H3. The highest BCUT2D eigenvalue weighted by atomic mass is 19.4. The van der Waals surface area contributed by atoms with Crippen LogP contribution in [0.15, 0.2) is 0 Å². The Morgan fingerprint density at radius 2 is 1.36 bits per heavy atom. The lowest BCUT2D eigenvalue weighted by Gasteiger charge is -2.37. The molecule has 0 amide bonds. The maximum Gasteiger partial charge on any atom is 0.427 e. The predicted octanol–water partition coefficient (Wildman–Crippen LogP) is 5.09. The van der Waals surface area contributed by atoms with E-state index in [1.165, 1.54) is 0 Å². The van der Waals surface area contributed by atoms with Gasteiger partial charge < -0.3 is 4.74 Å². The number of unbranched alkanes of at least 4 members (excludes halogenated alkanes) is 2. The molecule has 0 radical (unpaired) electrons. The van der Waals surface area contributed by atoms with E-state index in [4.69, 9.17) is 0 Å². The molecule has 0 aromatic rings. The van der Waals surface area contributed by atoms with E-state index in [9.17, 15) is 39.5 Å². The lowest BCUT2D eigenvalue weighted by molar-refractivity contribution is -0.313. The van der Waals surface area contributed by atoms with Crippen LogP contribution in [0.4, 0.5) is 39.5 Å². The summed E-state index contributed by atoms with van der Waals surface area (Å²) in [5.41, 5.74) is -10.1. The number of hydrogen-bond donors (Lipinski definition) is 0. The van der Waals surface area contributed by atoms with Crippen LogP contribution in [0.2, 0.25) is 0 Å². The van der Waals surface area contributed by atoms with Crippen LogP contribution in [-0.2, 0) is 4.74 Å². The first-order valence-electron chi connectivity index (χ1n) is 6.45. The monoisotopic (exact) mass is 348 g/mol. The first-order chi connectivity index (χ1) is 9.72. The van der Waals surface area contributed by atoms with Gasteiger partial charge in [0.05, 0.1) is 6.61 Å². The Labute approximate surface area is 121 Å². The molecule has 22 heavy (non-hydrogen) atoms. The lowest BCUT2D eigenvalue weighted by Crippen LogP contribution is -2.63. The van der Waals surface area contributed by atoms with E-state index in [-0.39, 0.29) is 6.42 Å². The van der Waals surface area contributed by atoms with Gasteiger partial charge in [-0.1, -0.05) is 19.8 Å². The van der Waals surface area contributed by atoms with Crippen molar-refractivity contribution in [1.29, 1.82) is 0 Å². The summed E-state index contributed by atoms with van der Waals surface area (Å²) in [6.45, 7) is -1.17. The molecule has 0 saturated heterocycles. The van der Waals surface area contributed by atoms with Gasteiger partial charge in [0.25, 0.3) is 5.67 Å². The zero-order valence-electron chi connectivity index (χ0n) is 11.9. The fraction of sp³-hybridized carbons (Fsp3) is 1.00. The second-order valence-corrected chi connectivity index (χ2v) is 5.06. The van der Waals surface area contributed by atoms with E-state index < -0.39 is 50.0 Å². The Balaban J connectivity index is 5.20. The zero-order chi connectivity index (χ0) is 17.8. The molecule has 0 heterocycles. The molecule has 134 valence electrons. The van der Waals surface area contributed by atoms with Gasteiger partial charge in [0, 0.05) is 6.61 Å². The molecule has 1 nitrogen and oxygen atoms in total. The third kappa shape index (κ3) is 4.66. The van der Waals surface area contributed by atoms with Gasteiger partial charge >= 0.3 is 12.4 Å². The van der Waals surface area contributed by atoms with Gasteiger partial charge in [-0.15, -0.1) is 0 Å². The number of alkyl halides is 9. The lowest BCUT2D eigenvalue weighted by atomic mass is 9.87. The van der Waals surface area contributed by atoms with Crippen molar-refractivity contribution in [3.63, 3.8) is 0 Å². The molecule has 10 heteroatoms. The molecule has 0 aliphatic carbocycles. The largest absolute Gasteiger partial charge is 0.427 e. The third-order valence-electron chi connectivity index (χ3n) is 3.11. The molecule has 0 N–H and O–H groups in total. The first-order valence-corrected chi connectivity index (χ1v) is 6.45. The predicted molar refractivity (Wildman–Crippen MR) is 60.7 cm³/mol. The van der Waals surface area contributed by atoms with Gasteiger partial charge in [0.1, 0.15) is 0 Å². The zero-order valence-corrected chi connectivity index (χ0v) is 11.9. The SMILES string of the molecule is CCCCCOCC(F)(C(F)C(C)(F)C(F)(F)F)C(F)(F)F. The van der Waals surface area contributed by atoms with Crippen molar-refractivity contribution >= 4 is 0 Å². The van der Waals surface area contributed by atoms with Crippen molar-refractivity contribution in [1.82, 2.24) is 0 Å². The van der Waals surface area contributed by atoms with E-state index >= 15 is 0 Å². The summed E-state index contributed by atoms with van der Waals surface area (Å²) in [5, 5.41) is 0. The van der Waals surface area contributed by atoms with Crippen LogP contribution in [0, 0.1) is 0 Å². The molecule has 0 saturated carbocycles. The minimum absolute atomic E-state index is 0.216. The summed E-state index contributed by atoms with van der Waals surface area (Å²) >= 11 is 0. The molecule has 0 aromatic carbocycles. The third-order valence-corrected chi connectivity index (χ3v) is 3.11. The number of hydrogen-bond acceptors (Lipinski definition) is 1. The number of halogens is 9. The van der Waals surface area contributed by atoms with Crippen molar-refractivity contribution in [2.24, 2.45) is 0 Å². The molecule has 0 aliphatic rings. The highest BCUT2D eigenvalue weighted by Gasteiger charge is 2.72. The van der Waals surface area contributed by atoms with Gasteiger partial charge in [-0.25, -0.2) is 13.2 Å². The minimum atomic E-state index is -6.06. The van der Waals surface area contributed by atoms with Crippen molar-refractivity contribution in [3.8, 4) is 0 Å². The van der Waals surface area contributed by atoms with Crippen LogP contribution in [0.5, 0.6) is 0 Å². The van der Waals surface area contributed by atoms with Crippen molar-refractivity contribution in [2.45, 2.75) is 63.0 Å². The quantitative estimate of drug-likeness (QED) is 0.438. The summed E-state index contributed by atoms with van der Waals surface area (Å²) in [7, 11) is 0. The summed E-state index contributed by atoms with van der Waals surface area (Å²) < 4.78 is 120. The fourth-order valence-electron chi connectivity index (χ4n) is 1.55. The summed E-state index contributed by atoms with van der Waals surface area (Å²) in [6, 6.07) is 0. The normalized spacial score (nSPS) is 20.3. The van der Waals surface area contributed by atoms with Crippen LogP contribution in [0.3, 0.4) is 0 Å². The first kappa shape index (κ1) is 21.3. The molecule has 0 bridgehead atoms. The van der Waals surface area contributed by atoms with Gasteiger partial charge in [0.2, 0.25) is 5.67 Å². The Morgan fingerprint density at radius 3 is 1.73 bits per heavy atom. The minimum Gasteiger partial charge on any atom is -0.378 e. The van der Waals surface area contributed by atoms with Gasteiger partial charge in [-0.05, 0) is 13.3 Å². The number of ether oxygens (including phenoxy) is 1. The Kier molecular flexibility index (Phi) is 7.05.